The van der Waals surface area contributed by atoms with E-state index in [2.05, 4.69) is 23.3 Å². The van der Waals surface area contributed by atoms with E-state index in [0.29, 0.717) is 5.69 Å². The zero-order valence-electron chi connectivity index (χ0n) is 11.6. The molecule has 0 saturated heterocycles. The molecule has 5 heteroatoms. The van der Waals surface area contributed by atoms with Crippen LogP contribution in [0.25, 0.3) is 0 Å². The van der Waals surface area contributed by atoms with Gasteiger partial charge in [0.1, 0.15) is 6.17 Å². The van der Waals surface area contributed by atoms with Crippen molar-refractivity contribution in [3.63, 3.8) is 0 Å². The van der Waals surface area contributed by atoms with Gasteiger partial charge in [-0.25, -0.2) is 4.39 Å². The van der Waals surface area contributed by atoms with Crippen LogP contribution in [0.1, 0.15) is 18.9 Å². The van der Waals surface area contributed by atoms with Crippen molar-refractivity contribution in [2.45, 2.75) is 36.9 Å². The fourth-order valence-electron chi connectivity index (χ4n) is 1.94. The van der Waals surface area contributed by atoms with E-state index in [9.17, 15) is 4.39 Å². The minimum Gasteiger partial charge on any atom is -0.398 e. The summed E-state index contributed by atoms with van der Waals surface area (Å²) in [6.07, 6.45) is 0.782. The van der Waals surface area contributed by atoms with E-state index in [4.69, 9.17) is 5.73 Å². The van der Waals surface area contributed by atoms with Crippen LogP contribution >= 0.6 is 12.6 Å². The summed E-state index contributed by atoms with van der Waals surface area (Å²) in [6.45, 7) is 3.16. The Morgan fingerprint density at radius 1 is 1.37 bits per heavy atom. The second kappa shape index (κ2) is 8.40. The first-order valence-corrected chi connectivity index (χ1v) is 7.08. The molecule has 2 atom stereocenters. The van der Waals surface area contributed by atoms with Crippen molar-refractivity contribution in [1.82, 2.24) is 10.6 Å². The van der Waals surface area contributed by atoms with E-state index in [1.54, 1.807) is 6.92 Å². The number of nitrogens with one attached hydrogen (secondary N) is 2. The van der Waals surface area contributed by atoms with Crippen molar-refractivity contribution in [3.8, 4) is 0 Å². The predicted octanol–water partition coefficient (Wildman–Crippen LogP) is 2.03. The molecule has 0 amide bonds. The Bertz CT molecular complexity index is 385. The van der Waals surface area contributed by atoms with E-state index in [1.807, 2.05) is 25.2 Å². The summed E-state index contributed by atoms with van der Waals surface area (Å²) in [6, 6.07) is 5.70. The Balaban J connectivity index is 2.40. The van der Waals surface area contributed by atoms with E-state index in [0.717, 1.165) is 36.4 Å². The van der Waals surface area contributed by atoms with Gasteiger partial charge in [0.2, 0.25) is 0 Å². The molecule has 0 aromatic heterocycles. The lowest BCUT2D eigenvalue weighted by Gasteiger charge is -2.20. The van der Waals surface area contributed by atoms with Gasteiger partial charge >= 0.3 is 0 Å². The highest BCUT2D eigenvalue weighted by atomic mass is 32.1. The number of nitrogens with two attached hydrogens (primary N) is 1. The summed E-state index contributed by atoms with van der Waals surface area (Å²) < 4.78 is 13.4. The molecule has 3 nitrogen and oxygen atoms in total. The minimum atomic E-state index is -0.847. The number of hydrogen-bond acceptors (Lipinski definition) is 4. The summed E-state index contributed by atoms with van der Waals surface area (Å²) in [5, 5.41) is 6.31. The quantitative estimate of drug-likeness (QED) is 0.437. The van der Waals surface area contributed by atoms with Crippen molar-refractivity contribution in [3.05, 3.63) is 23.8 Å². The van der Waals surface area contributed by atoms with Gasteiger partial charge in [-0.1, -0.05) is 6.07 Å². The van der Waals surface area contributed by atoms with Crippen molar-refractivity contribution in [2.75, 3.05) is 25.9 Å². The van der Waals surface area contributed by atoms with E-state index in [1.165, 1.54) is 0 Å². The van der Waals surface area contributed by atoms with Crippen LogP contribution in [-0.2, 0) is 6.42 Å². The van der Waals surface area contributed by atoms with Gasteiger partial charge in [0.15, 0.2) is 0 Å². The molecule has 0 aliphatic heterocycles. The molecule has 108 valence electrons. The highest BCUT2D eigenvalue weighted by molar-refractivity contribution is 7.80. The molecule has 0 spiro atoms. The number of hydrogen-bond donors (Lipinski definition) is 4. The van der Waals surface area contributed by atoms with Crippen LogP contribution < -0.4 is 16.4 Å². The molecular weight excluding hydrogens is 261 g/mol. The summed E-state index contributed by atoms with van der Waals surface area (Å²) in [7, 11) is 1.88. The van der Waals surface area contributed by atoms with Crippen LogP contribution in [0.3, 0.4) is 0 Å². The summed E-state index contributed by atoms with van der Waals surface area (Å²) in [5.74, 6) is 0. The van der Waals surface area contributed by atoms with Gasteiger partial charge in [-0.2, -0.15) is 0 Å². The molecule has 1 aromatic rings. The van der Waals surface area contributed by atoms with Gasteiger partial charge in [0, 0.05) is 16.6 Å². The molecule has 0 saturated carbocycles. The van der Waals surface area contributed by atoms with Crippen LogP contribution in [0, 0.1) is 0 Å². The van der Waals surface area contributed by atoms with Gasteiger partial charge in [-0.05, 0) is 57.6 Å². The number of benzene rings is 1. The number of halogens is 1. The third kappa shape index (κ3) is 5.80. The maximum Gasteiger partial charge on any atom is 0.113 e. The zero-order valence-corrected chi connectivity index (χ0v) is 12.5. The highest BCUT2D eigenvalue weighted by Crippen LogP contribution is 2.17. The van der Waals surface area contributed by atoms with Crippen LogP contribution in [0.15, 0.2) is 23.1 Å². The molecule has 0 aliphatic rings. The molecule has 1 aromatic carbocycles. The number of rotatable bonds is 8. The summed E-state index contributed by atoms with van der Waals surface area (Å²) in [4.78, 5) is 0.795. The molecule has 0 heterocycles. The SMILES string of the molecule is CNCCC(NCCc1ccc(N)c(S)c1)C(C)F. The molecule has 0 aliphatic carbocycles. The van der Waals surface area contributed by atoms with E-state index >= 15 is 0 Å². The third-order valence-corrected chi connectivity index (χ3v) is 3.56. The number of nitrogen functional groups attached to an aromatic ring is 1. The topological polar surface area (TPSA) is 50.1 Å². The maximum atomic E-state index is 13.4. The molecule has 2 unspecified atom stereocenters. The number of thiol groups is 1. The maximum absolute atomic E-state index is 13.4. The predicted molar refractivity (Wildman–Crippen MR) is 82.7 cm³/mol. The second-order valence-electron chi connectivity index (χ2n) is 4.77. The average Bonchev–Trinajstić information content (AvgIpc) is 2.37. The van der Waals surface area contributed by atoms with Gasteiger partial charge in [0.25, 0.3) is 0 Å². The number of anilines is 1. The first-order valence-electron chi connectivity index (χ1n) is 6.64. The second-order valence-corrected chi connectivity index (χ2v) is 5.26. The van der Waals surface area contributed by atoms with Crippen molar-refractivity contribution < 1.29 is 4.39 Å². The first-order chi connectivity index (χ1) is 9.04. The summed E-state index contributed by atoms with van der Waals surface area (Å²) in [5.41, 5.74) is 7.55. The molecule has 0 radical (unpaired) electrons. The van der Waals surface area contributed by atoms with Crippen LogP contribution in [0.2, 0.25) is 0 Å². The van der Waals surface area contributed by atoms with Gasteiger partial charge in [-0.3, -0.25) is 0 Å². The van der Waals surface area contributed by atoms with Crippen molar-refractivity contribution in [1.29, 1.82) is 0 Å². The van der Waals surface area contributed by atoms with E-state index in [-0.39, 0.29) is 6.04 Å². The molecule has 4 N–H and O–H groups in total. The van der Waals surface area contributed by atoms with Gasteiger partial charge in [0.05, 0.1) is 0 Å². The standard InChI is InChI=1S/C14H24FN3S/c1-10(15)13(6-7-17-2)18-8-5-11-3-4-12(16)14(19)9-11/h3-4,9-10,13,17-19H,5-8,16H2,1-2H3. The fraction of sp³-hybridized carbons (Fsp3) is 0.571. The molecule has 19 heavy (non-hydrogen) atoms. The lowest BCUT2D eigenvalue weighted by molar-refractivity contribution is 0.259. The molecular formula is C14H24FN3S. The van der Waals surface area contributed by atoms with Gasteiger partial charge in [-0.15, -0.1) is 12.6 Å². The first kappa shape index (κ1) is 16.3. The summed E-state index contributed by atoms with van der Waals surface area (Å²) >= 11 is 4.30. The molecule has 0 bridgehead atoms. The number of alkyl halides is 1. The zero-order chi connectivity index (χ0) is 14.3. The minimum absolute atomic E-state index is 0.100. The lowest BCUT2D eigenvalue weighted by atomic mass is 10.1. The largest absolute Gasteiger partial charge is 0.398 e. The smallest absolute Gasteiger partial charge is 0.113 e. The Morgan fingerprint density at radius 3 is 2.68 bits per heavy atom. The lowest BCUT2D eigenvalue weighted by Crippen LogP contribution is -2.39. The van der Waals surface area contributed by atoms with Crippen LogP contribution in [-0.4, -0.2) is 32.4 Å². The third-order valence-electron chi connectivity index (χ3n) is 3.17. The van der Waals surface area contributed by atoms with E-state index < -0.39 is 6.17 Å². The Labute approximate surface area is 120 Å². The Morgan fingerprint density at radius 2 is 2.11 bits per heavy atom. The monoisotopic (exact) mass is 285 g/mol. The average molecular weight is 285 g/mol. The normalized spacial score (nSPS) is 14.3. The highest BCUT2D eigenvalue weighted by Gasteiger charge is 2.14. The van der Waals surface area contributed by atoms with Crippen molar-refractivity contribution >= 4 is 18.3 Å². The van der Waals surface area contributed by atoms with Gasteiger partial charge < -0.3 is 16.4 Å². The van der Waals surface area contributed by atoms with Crippen molar-refractivity contribution in [2.24, 2.45) is 0 Å². The fourth-order valence-corrected chi connectivity index (χ4v) is 2.18. The van der Waals surface area contributed by atoms with Crippen LogP contribution in [0.4, 0.5) is 10.1 Å². The Kier molecular flexibility index (Phi) is 7.20. The molecule has 0 fully saturated rings. The molecule has 1 rings (SSSR count). The van der Waals surface area contributed by atoms with Crippen LogP contribution in [0.5, 0.6) is 0 Å². The Hall–Kier alpha value is -0.780.